The third-order valence-electron chi connectivity index (χ3n) is 5.50. The Kier molecular flexibility index (Phi) is 8.24. The van der Waals surface area contributed by atoms with Gasteiger partial charge in [-0.2, -0.15) is 0 Å². The maximum atomic E-state index is 10.4. The Morgan fingerprint density at radius 2 is 1.69 bits per heavy atom. The van der Waals surface area contributed by atoms with Crippen LogP contribution in [0.4, 0.5) is 0 Å². The van der Waals surface area contributed by atoms with Crippen molar-refractivity contribution in [2.45, 2.75) is 24.9 Å². The predicted molar refractivity (Wildman–Crippen MR) is 120 cm³/mol. The van der Waals surface area contributed by atoms with Gasteiger partial charge in [0.15, 0.2) is 0 Å². The number of rotatable bonds is 6. The number of H-pyrrole nitrogens is 1. The van der Waals surface area contributed by atoms with Crippen LogP contribution in [-0.4, -0.2) is 69.5 Å². The Morgan fingerprint density at radius 1 is 1.00 bits per heavy atom. The van der Waals surface area contributed by atoms with Crippen LogP contribution in [0.15, 0.2) is 60.8 Å². The van der Waals surface area contributed by atoms with Crippen molar-refractivity contribution in [1.82, 2.24) is 9.88 Å². The molecule has 0 radical (unpaired) electrons. The molecule has 0 unspecified atom stereocenters. The number of aromatic amines is 1. The Hall–Kier alpha value is -3.36. The molecule has 8 heteroatoms. The molecule has 1 aliphatic rings. The quantitative estimate of drug-likeness (QED) is 0.435. The first-order valence-corrected chi connectivity index (χ1v) is 10.5. The minimum Gasteiger partial charge on any atom is -0.490 e. The maximum absolute atomic E-state index is 10.4. The number of aromatic nitrogens is 1. The van der Waals surface area contributed by atoms with Crippen molar-refractivity contribution in [2.75, 3.05) is 26.2 Å². The van der Waals surface area contributed by atoms with Crippen LogP contribution in [0.3, 0.4) is 0 Å². The number of piperidine rings is 1. The van der Waals surface area contributed by atoms with Crippen molar-refractivity contribution in [3.8, 4) is 5.75 Å². The molecule has 4 rings (SSSR count). The predicted octanol–water partition coefficient (Wildman–Crippen LogP) is 2.94. The Morgan fingerprint density at radius 3 is 2.34 bits per heavy atom. The third kappa shape index (κ3) is 6.57. The first-order chi connectivity index (χ1) is 15.4. The summed E-state index contributed by atoms with van der Waals surface area (Å²) in [4.78, 5) is 23.7. The Labute approximate surface area is 186 Å². The fourth-order valence-electron chi connectivity index (χ4n) is 3.89. The molecule has 0 bridgehead atoms. The van der Waals surface area contributed by atoms with Crippen molar-refractivity contribution < 1.29 is 29.6 Å². The highest BCUT2D eigenvalue weighted by Gasteiger charge is 2.22. The van der Waals surface area contributed by atoms with Gasteiger partial charge >= 0.3 is 11.9 Å². The molecule has 8 nitrogen and oxygen atoms in total. The van der Waals surface area contributed by atoms with Crippen LogP contribution >= 0.6 is 0 Å². The summed E-state index contributed by atoms with van der Waals surface area (Å²) in [7, 11) is 0. The van der Waals surface area contributed by atoms with Gasteiger partial charge in [-0.05, 0) is 55.6 Å². The van der Waals surface area contributed by atoms with E-state index in [1.165, 1.54) is 5.56 Å². The summed E-state index contributed by atoms with van der Waals surface area (Å²) >= 11 is 0. The van der Waals surface area contributed by atoms with E-state index in [-0.39, 0.29) is 0 Å². The number of aliphatic hydroxyl groups excluding tert-OH is 1. The minimum absolute atomic E-state index is 0.322. The van der Waals surface area contributed by atoms with Gasteiger partial charge in [0.1, 0.15) is 18.5 Å². The van der Waals surface area contributed by atoms with Crippen LogP contribution in [0, 0.1) is 0 Å². The van der Waals surface area contributed by atoms with Gasteiger partial charge in [-0.15, -0.1) is 0 Å². The number of fused-ring (bicyclic) bond motifs is 1. The topological polar surface area (TPSA) is 123 Å². The molecule has 1 saturated heterocycles. The second kappa shape index (κ2) is 11.3. The van der Waals surface area contributed by atoms with E-state index in [0.29, 0.717) is 19.1 Å². The number of carbonyl (C=O) groups is 2. The summed E-state index contributed by atoms with van der Waals surface area (Å²) in [6.07, 6.45) is 3.74. The summed E-state index contributed by atoms with van der Waals surface area (Å²) in [5, 5.41) is 26.2. The number of aliphatic hydroxyl groups is 1. The second-order valence-electron chi connectivity index (χ2n) is 7.76. The number of ether oxygens (including phenoxy) is 1. The van der Waals surface area contributed by atoms with E-state index in [1.54, 1.807) is 0 Å². The standard InChI is InChI=1S/C22H26N2O2.C2H2O4/c25-19(16-26-22-8-4-7-21-20(22)9-12-23-21)15-24-13-10-18(11-14-24)17-5-2-1-3-6-17;3-1(4)2(5)6/h1-9,12,18-19,23,25H,10-11,13-16H2;(H,3,4)(H,5,6)/t19-;/m0./s1. The van der Waals surface area contributed by atoms with E-state index >= 15 is 0 Å². The van der Waals surface area contributed by atoms with Crippen molar-refractivity contribution in [1.29, 1.82) is 0 Å². The highest BCUT2D eigenvalue weighted by molar-refractivity contribution is 6.27. The lowest BCUT2D eigenvalue weighted by Crippen LogP contribution is -2.40. The number of benzene rings is 2. The lowest BCUT2D eigenvalue weighted by Gasteiger charge is -2.33. The summed E-state index contributed by atoms with van der Waals surface area (Å²) < 4.78 is 5.87. The van der Waals surface area contributed by atoms with Crippen LogP contribution in [0.25, 0.3) is 10.9 Å². The van der Waals surface area contributed by atoms with E-state index < -0.39 is 18.0 Å². The molecule has 32 heavy (non-hydrogen) atoms. The van der Waals surface area contributed by atoms with E-state index in [2.05, 4.69) is 40.2 Å². The molecular weight excluding hydrogens is 412 g/mol. The van der Waals surface area contributed by atoms with Gasteiger partial charge < -0.3 is 29.9 Å². The van der Waals surface area contributed by atoms with Crippen LogP contribution in [0.2, 0.25) is 0 Å². The van der Waals surface area contributed by atoms with Gasteiger partial charge in [-0.25, -0.2) is 9.59 Å². The molecule has 170 valence electrons. The average molecular weight is 440 g/mol. The molecule has 1 fully saturated rings. The van der Waals surface area contributed by atoms with Crippen molar-refractivity contribution >= 4 is 22.8 Å². The summed E-state index contributed by atoms with van der Waals surface area (Å²) in [6.45, 7) is 3.06. The van der Waals surface area contributed by atoms with Crippen LogP contribution in [-0.2, 0) is 9.59 Å². The van der Waals surface area contributed by atoms with Gasteiger partial charge in [0.05, 0.1) is 0 Å². The molecule has 0 saturated carbocycles. The fraction of sp³-hybridized carbons (Fsp3) is 0.333. The lowest BCUT2D eigenvalue weighted by atomic mass is 9.89. The molecule has 1 aromatic heterocycles. The van der Waals surface area contributed by atoms with E-state index in [1.807, 2.05) is 30.5 Å². The zero-order valence-electron chi connectivity index (χ0n) is 17.7. The third-order valence-corrected chi connectivity index (χ3v) is 5.50. The molecule has 1 atom stereocenters. The smallest absolute Gasteiger partial charge is 0.414 e. The number of nitrogens with one attached hydrogen (secondary N) is 1. The number of carboxylic acids is 2. The van der Waals surface area contributed by atoms with Crippen molar-refractivity contribution in [2.24, 2.45) is 0 Å². The van der Waals surface area contributed by atoms with Crippen molar-refractivity contribution in [3.05, 3.63) is 66.4 Å². The molecule has 0 amide bonds. The summed E-state index contributed by atoms with van der Waals surface area (Å²) in [5.41, 5.74) is 2.50. The minimum atomic E-state index is -1.82. The van der Waals surface area contributed by atoms with Gasteiger partial charge in [-0.1, -0.05) is 36.4 Å². The molecular formula is C24H28N2O6. The summed E-state index contributed by atoms with van der Waals surface area (Å²) in [5.74, 6) is -2.18. The zero-order valence-corrected chi connectivity index (χ0v) is 17.7. The zero-order chi connectivity index (χ0) is 22.9. The Bertz CT molecular complexity index is 1000. The molecule has 2 heterocycles. The number of hydrogen-bond donors (Lipinski definition) is 4. The van der Waals surface area contributed by atoms with Crippen LogP contribution in [0.1, 0.15) is 24.3 Å². The monoisotopic (exact) mass is 440 g/mol. The molecule has 4 N–H and O–H groups in total. The number of hydrogen-bond acceptors (Lipinski definition) is 5. The second-order valence-corrected chi connectivity index (χ2v) is 7.76. The Balaban J connectivity index is 0.000000427. The lowest BCUT2D eigenvalue weighted by molar-refractivity contribution is -0.159. The largest absolute Gasteiger partial charge is 0.490 e. The molecule has 2 aromatic carbocycles. The van der Waals surface area contributed by atoms with Gasteiger partial charge in [-0.3, -0.25) is 0 Å². The molecule has 0 aliphatic carbocycles. The van der Waals surface area contributed by atoms with Gasteiger partial charge in [0.25, 0.3) is 0 Å². The van der Waals surface area contributed by atoms with E-state index in [0.717, 1.165) is 42.6 Å². The van der Waals surface area contributed by atoms with Crippen molar-refractivity contribution in [3.63, 3.8) is 0 Å². The number of likely N-dealkylation sites (tertiary alicyclic amines) is 1. The van der Waals surface area contributed by atoms with Gasteiger partial charge in [0, 0.05) is 23.6 Å². The van der Waals surface area contributed by atoms with E-state index in [9.17, 15) is 5.11 Å². The molecule has 3 aromatic rings. The normalized spacial score (nSPS) is 15.5. The summed E-state index contributed by atoms with van der Waals surface area (Å²) in [6, 6.07) is 18.7. The fourth-order valence-corrected chi connectivity index (χ4v) is 3.89. The number of nitrogens with zero attached hydrogens (tertiary/aromatic N) is 1. The number of carboxylic acid groups (broad SMARTS) is 2. The van der Waals surface area contributed by atoms with Crippen LogP contribution < -0.4 is 4.74 Å². The number of β-amino-alcohol motifs (C(OH)–C–C–N with tert-alkyl or cyclic N) is 1. The average Bonchev–Trinajstić information content (AvgIpc) is 3.29. The molecule has 1 aliphatic heterocycles. The highest BCUT2D eigenvalue weighted by atomic mass is 16.5. The number of aliphatic carboxylic acids is 2. The molecule has 0 spiro atoms. The highest BCUT2D eigenvalue weighted by Crippen LogP contribution is 2.28. The first-order valence-electron chi connectivity index (χ1n) is 10.5. The first kappa shape index (κ1) is 23.3. The van der Waals surface area contributed by atoms with E-state index in [4.69, 9.17) is 24.5 Å². The van der Waals surface area contributed by atoms with Crippen LogP contribution in [0.5, 0.6) is 5.75 Å². The SMILES string of the molecule is O=C(O)C(=O)O.O[C@H](COc1cccc2[nH]ccc12)CN1CCC(c2ccccc2)CC1. The van der Waals surface area contributed by atoms with Gasteiger partial charge in [0.2, 0.25) is 0 Å². The maximum Gasteiger partial charge on any atom is 0.414 e.